The van der Waals surface area contributed by atoms with Gasteiger partial charge in [-0.25, -0.2) is 0 Å². The van der Waals surface area contributed by atoms with Gasteiger partial charge in [-0.3, -0.25) is 5.43 Å². The third kappa shape index (κ3) is 3.11. The van der Waals surface area contributed by atoms with E-state index in [-0.39, 0.29) is 0 Å². The highest BCUT2D eigenvalue weighted by Gasteiger charge is 2.02. The monoisotopic (exact) mass is 258 g/mol. The summed E-state index contributed by atoms with van der Waals surface area (Å²) in [6, 6.07) is 13.9. The summed E-state index contributed by atoms with van der Waals surface area (Å²) in [4.78, 5) is 0. The van der Waals surface area contributed by atoms with Gasteiger partial charge in [-0.05, 0) is 37.6 Å². The molecule has 0 saturated heterocycles. The summed E-state index contributed by atoms with van der Waals surface area (Å²) in [7, 11) is 0. The highest BCUT2D eigenvalue weighted by molar-refractivity contribution is 6.33. The predicted molar refractivity (Wildman–Crippen MR) is 78.6 cm³/mol. The molecule has 0 fully saturated rings. The number of halogens is 1. The van der Waals surface area contributed by atoms with Crippen molar-refractivity contribution < 1.29 is 0 Å². The van der Waals surface area contributed by atoms with E-state index >= 15 is 0 Å². The summed E-state index contributed by atoms with van der Waals surface area (Å²) in [6.45, 7) is 4.04. The molecular weight excluding hydrogens is 244 g/mol. The summed E-state index contributed by atoms with van der Waals surface area (Å²) in [5.41, 5.74) is 7.10. The third-order valence-electron chi connectivity index (χ3n) is 2.60. The van der Waals surface area contributed by atoms with Crippen molar-refractivity contribution in [3.63, 3.8) is 0 Å². The lowest BCUT2D eigenvalue weighted by atomic mass is 10.1. The number of hydrogen-bond donors (Lipinski definition) is 1. The molecule has 18 heavy (non-hydrogen) atoms. The molecule has 0 amide bonds. The smallest absolute Gasteiger partial charge is 0.0561 e. The first-order valence-corrected chi connectivity index (χ1v) is 6.15. The number of rotatable bonds is 3. The van der Waals surface area contributed by atoms with Crippen molar-refractivity contribution in [1.29, 1.82) is 0 Å². The molecule has 0 spiro atoms. The normalized spacial score (nSPS) is 10.8. The Bertz CT molecular complexity index is 562. The lowest BCUT2D eigenvalue weighted by Gasteiger charge is -2.04. The largest absolute Gasteiger partial charge is 0.279 e. The Kier molecular flexibility index (Phi) is 4.00. The lowest BCUT2D eigenvalue weighted by Crippen LogP contribution is -1.93. The van der Waals surface area contributed by atoms with Crippen molar-refractivity contribution in [2.45, 2.75) is 13.8 Å². The minimum absolute atomic E-state index is 0.749. The molecule has 0 saturated carbocycles. The lowest BCUT2D eigenvalue weighted by molar-refractivity contribution is 1.33. The topological polar surface area (TPSA) is 24.4 Å². The highest BCUT2D eigenvalue weighted by Crippen LogP contribution is 2.21. The Morgan fingerprint density at radius 2 is 1.83 bits per heavy atom. The predicted octanol–water partition coefficient (Wildman–Crippen LogP) is 4.40. The fourth-order valence-electron chi connectivity index (χ4n) is 1.77. The zero-order chi connectivity index (χ0) is 13.0. The molecule has 0 aliphatic carbocycles. The van der Waals surface area contributed by atoms with Gasteiger partial charge < -0.3 is 0 Å². The van der Waals surface area contributed by atoms with Crippen LogP contribution in [0.15, 0.2) is 47.6 Å². The van der Waals surface area contributed by atoms with Gasteiger partial charge in [0.25, 0.3) is 0 Å². The molecule has 0 unspecified atom stereocenters. The summed E-state index contributed by atoms with van der Waals surface area (Å²) in [6.07, 6.45) is 1.75. The standard InChI is InChI=1S/C15H15ClN2/c1-11-8-12(2)15(16)13(9-11)10-17-18-14-6-4-3-5-7-14/h3-10,18H,1-2H3. The van der Waals surface area contributed by atoms with Gasteiger partial charge in [0, 0.05) is 5.56 Å². The fourth-order valence-corrected chi connectivity index (χ4v) is 1.92. The van der Waals surface area contributed by atoms with Crippen LogP contribution in [0, 0.1) is 13.8 Å². The van der Waals surface area contributed by atoms with E-state index in [0.717, 1.165) is 21.8 Å². The maximum absolute atomic E-state index is 6.23. The molecule has 1 N–H and O–H groups in total. The minimum atomic E-state index is 0.749. The molecule has 0 atom stereocenters. The maximum atomic E-state index is 6.23. The highest BCUT2D eigenvalue weighted by atomic mass is 35.5. The molecule has 2 aromatic rings. The minimum Gasteiger partial charge on any atom is -0.279 e. The van der Waals surface area contributed by atoms with Gasteiger partial charge in [-0.15, -0.1) is 0 Å². The molecule has 0 aromatic heterocycles. The average Bonchev–Trinajstić information content (AvgIpc) is 2.36. The van der Waals surface area contributed by atoms with Crippen LogP contribution >= 0.6 is 11.6 Å². The Morgan fingerprint density at radius 1 is 1.11 bits per heavy atom. The number of hydrazone groups is 1. The van der Waals surface area contributed by atoms with Crippen molar-refractivity contribution in [3.8, 4) is 0 Å². The number of anilines is 1. The second kappa shape index (κ2) is 5.69. The molecule has 0 heterocycles. The SMILES string of the molecule is Cc1cc(C)c(Cl)c(C=NNc2ccccc2)c1. The molecule has 0 radical (unpaired) electrons. The maximum Gasteiger partial charge on any atom is 0.0561 e. The van der Waals surface area contributed by atoms with E-state index < -0.39 is 0 Å². The molecule has 2 aromatic carbocycles. The second-order valence-electron chi connectivity index (χ2n) is 4.22. The molecule has 0 aliphatic rings. The van der Waals surface area contributed by atoms with Crippen molar-refractivity contribution in [2.75, 3.05) is 5.43 Å². The average molecular weight is 259 g/mol. The Morgan fingerprint density at radius 3 is 2.56 bits per heavy atom. The van der Waals surface area contributed by atoms with Gasteiger partial charge in [0.05, 0.1) is 16.9 Å². The van der Waals surface area contributed by atoms with Crippen LogP contribution in [0.2, 0.25) is 5.02 Å². The summed E-state index contributed by atoms with van der Waals surface area (Å²) >= 11 is 6.23. The Balaban J connectivity index is 2.15. The first kappa shape index (κ1) is 12.7. The van der Waals surface area contributed by atoms with E-state index in [4.69, 9.17) is 11.6 Å². The first-order chi connectivity index (χ1) is 8.66. The van der Waals surface area contributed by atoms with Crippen LogP contribution in [0.1, 0.15) is 16.7 Å². The van der Waals surface area contributed by atoms with Gasteiger partial charge in [0.1, 0.15) is 0 Å². The van der Waals surface area contributed by atoms with E-state index in [1.54, 1.807) is 6.21 Å². The van der Waals surface area contributed by atoms with Crippen LogP contribution in [0.25, 0.3) is 0 Å². The molecular formula is C15H15ClN2. The van der Waals surface area contributed by atoms with Crippen molar-refractivity contribution in [2.24, 2.45) is 5.10 Å². The molecule has 2 nitrogen and oxygen atoms in total. The van der Waals surface area contributed by atoms with Gasteiger partial charge in [0.15, 0.2) is 0 Å². The van der Waals surface area contributed by atoms with Crippen molar-refractivity contribution in [3.05, 3.63) is 64.2 Å². The number of hydrogen-bond acceptors (Lipinski definition) is 2. The van der Waals surface area contributed by atoms with E-state index in [2.05, 4.69) is 16.6 Å². The van der Waals surface area contributed by atoms with E-state index in [9.17, 15) is 0 Å². The van der Waals surface area contributed by atoms with Crippen LogP contribution in [-0.4, -0.2) is 6.21 Å². The molecule has 3 heteroatoms. The van der Waals surface area contributed by atoms with Crippen LogP contribution in [0.4, 0.5) is 5.69 Å². The van der Waals surface area contributed by atoms with Gasteiger partial charge in [0.2, 0.25) is 0 Å². The molecule has 0 bridgehead atoms. The summed E-state index contributed by atoms with van der Waals surface area (Å²) in [5, 5.41) is 4.94. The van der Waals surface area contributed by atoms with Crippen LogP contribution in [0.5, 0.6) is 0 Å². The van der Waals surface area contributed by atoms with Crippen LogP contribution < -0.4 is 5.43 Å². The fraction of sp³-hybridized carbons (Fsp3) is 0.133. The van der Waals surface area contributed by atoms with Gasteiger partial charge in [-0.1, -0.05) is 41.4 Å². The van der Waals surface area contributed by atoms with Crippen molar-refractivity contribution >= 4 is 23.5 Å². The summed E-state index contributed by atoms with van der Waals surface area (Å²) in [5.74, 6) is 0. The zero-order valence-electron chi connectivity index (χ0n) is 10.4. The van der Waals surface area contributed by atoms with Crippen LogP contribution in [-0.2, 0) is 0 Å². The number of nitrogens with zero attached hydrogens (tertiary/aromatic N) is 1. The van der Waals surface area contributed by atoms with E-state index in [1.807, 2.05) is 50.2 Å². The van der Waals surface area contributed by atoms with Crippen LogP contribution in [0.3, 0.4) is 0 Å². The first-order valence-electron chi connectivity index (χ1n) is 5.77. The zero-order valence-corrected chi connectivity index (χ0v) is 11.2. The van der Waals surface area contributed by atoms with Gasteiger partial charge >= 0.3 is 0 Å². The summed E-state index contributed by atoms with van der Waals surface area (Å²) < 4.78 is 0. The van der Waals surface area contributed by atoms with E-state index in [1.165, 1.54) is 5.56 Å². The quantitative estimate of drug-likeness (QED) is 0.640. The van der Waals surface area contributed by atoms with Crippen molar-refractivity contribution in [1.82, 2.24) is 0 Å². The molecule has 0 aliphatic heterocycles. The molecule has 92 valence electrons. The number of benzene rings is 2. The number of aryl methyl sites for hydroxylation is 2. The second-order valence-corrected chi connectivity index (χ2v) is 4.60. The number of nitrogens with one attached hydrogen (secondary N) is 1. The Labute approximate surface area is 112 Å². The molecule has 2 rings (SSSR count). The van der Waals surface area contributed by atoms with E-state index in [0.29, 0.717) is 0 Å². The third-order valence-corrected chi connectivity index (χ3v) is 3.11. The van der Waals surface area contributed by atoms with Gasteiger partial charge in [-0.2, -0.15) is 5.10 Å². The number of para-hydroxylation sites is 1. The Hall–Kier alpha value is -1.80.